The van der Waals surface area contributed by atoms with Crippen molar-refractivity contribution in [1.82, 2.24) is 9.55 Å². The lowest BCUT2D eigenvalue weighted by Gasteiger charge is -2.36. The fraction of sp³-hybridized carbons (Fsp3) is 0.556. The van der Waals surface area contributed by atoms with Gasteiger partial charge in [-0.25, -0.2) is 4.98 Å². The van der Waals surface area contributed by atoms with Crippen LogP contribution in [0.4, 0.5) is 5.95 Å². The Kier molecular flexibility index (Phi) is 4.83. The summed E-state index contributed by atoms with van der Waals surface area (Å²) >= 11 is 0. The number of amides is 1. The van der Waals surface area contributed by atoms with Crippen LogP contribution in [0.5, 0.6) is 0 Å². The van der Waals surface area contributed by atoms with E-state index in [2.05, 4.69) is 15.6 Å². The summed E-state index contributed by atoms with van der Waals surface area (Å²) in [5.74, 6) is 0.991. The highest BCUT2D eigenvalue weighted by molar-refractivity contribution is 5.95. The molecule has 1 fully saturated rings. The number of hydrogen-bond donors (Lipinski definition) is 1. The predicted molar refractivity (Wildman–Crippen MR) is 98.5 cm³/mol. The second-order valence-electron chi connectivity index (χ2n) is 7.04. The first-order chi connectivity index (χ1) is 11.2. The van der Waals surface area contributed by atoms with Gasteiger partial charge in [-0.15, -0.1) is 12.4 Å². The van der Waals surface area contributed by atoms with Crippen LogP contribution in [0, 0.1) is 5.41 Å². The minimum absolute atomic E-state index is 0. The molecule has 0 spiro atoms. The average molecular weight is 349 g/mol. The molecule has 1 amide bonds. The Bertz CT molecular complexity index is 736. The first-order valence-corrected chi connectivity index (χ1v) is 8.68. The molecular formula is C18H25ClN4O. The Labute approximate surface area is 148 Å². The number of aromatic nitrogens is 2. The van der Waals surface area contributed by atoms with Gasteiger partial charge in [0.2, 0.25) is 11.9 Å². The zero-order chi connectivity index (χ0) is 15.9. The molecule has 2 aromatic rings. The van der Waals surface area contributed by atoms with Gasteiger partial charge in [0.1, 0.15) is 0 Å². The summed E-state index contributed by atoms with van der Waals surface area (Å²) in [4.78, 5) is 19.5. The van der Waals surface area contributed by atoms with E-state index in [1.165, 1.54) is 19.3 Å². The van der Waals surface area contributed by atoms with Crippen LogP contribution >= 0.6 is 12.4 Å². The number of carbonyl (C=O) groups excluding carboxylic acids is 1. The Balaban J connectivity index is 0.00000169. The normalized spacial score (nSPS) is 19.1. The maximum Gasteiger partial charge on any atom is 0.229 e. The third-order valence-corrected chi connectivity index (χ3v) is 5.60. The molecule has 6 heteroatoms. The summed E-state index contributed by atoms with van der Waals surface area (Å²) in [5, 5.41) is 0. The SMILES string of the molecule is Cl.NCC1(CC(=O)N2CCn3c2nc2ccccc23)CCCCC1. The molecule has 1 aromatic carbocycles. The van der Waals surface area contributed by atoms with Crippen molar-refractivity contribution >= 4 is 35.3 Å². The molecule has 0 unspecified atom stereocenters. The van der Waals surface area contributed by atoms with Crippen molar-refractivity contribution in [3.05, 3.63) is 24.3 Å². The quantitative estimate of drug-likeness (QED) is 0.926. The number of imidazole rings is 1. The highest BCUT2D eigenvalue weighted by Gasteiger charge is 2.37. The van der Waals surface area contributed by atoms with Crippen molar-refractivity contribution in [1.29, 1.82) is 0 Å². The third-order valence-electron chi connectivity index (χ3n) is 5.60. The van der Waals surface area contributed by atoms with E-state index >= 15 is 0 Å². The molecule has 24 heavy (non-hydrogen) atoms. The topological polar surface area (TPSA) is 64.2 Å². The fourth-order valence-electron chi connectivity index (χ4n) is 4.20. The van der Waals surface area contributed by atoms with Crippen LogP contribution in [0.15, 0.2) is 24.3 Å². The predicted octanol–water partition coefficient (Wildman–Crippen LogP) is 3.10. The molecule has 0 atom stereocenters. The van der Waals surface area contributed by atoms with E-state index in [0.717, 1.165) is 42.9 Å². The van der Waals surface area contributed by atoms with Gasteiger partial charge >= 0.3 is 0 Å². The van der Waals surface area contributed by atoms with Crippen molar-refractivity contribution < 1.29 is 4.79 Å². The molecule has 5 nitrogen and oxygen atoms in total. The van der Waals surface area contributed by atoms with Crippen molar-refractivity contribution in [2.45, 2.75) is 45.1 Å². The Hall–Kier alpha value is -1.59. The second kappa shape index (κ2) is 6.73. The Morgan fingerprint density at radius 3 is 2.67 bits per heavy atom. The van der Waals surface area contributed by atoms with E-state index in [0.29, 0.717) is 13.0 Å². The molecule has 1 aliphatic heterocycles. The Morgan fingerprint density at radius 1 is 1.17 bits per heavy atom. The number of para-hydroxylation sites is 2. The molecular weight excluding hydrogens is 324 g/mol. The van der Waals surface area contributed by atoms with E-state index in [1.807, 2.05) is 23.1 Å². The molecule has 0 bridgehead atoms. The number of fused-ring (bicyclic) bond motifs is 3. The van der Waals surface area contributed by atoms with Gasteiger partial charge in [-0.3, -0.25) is 9.69 Å². The molecule has 1 aliphatic carbocycles. The van der Waals surface area contributed by atoms with Gasteiger partial charge in [0.25, 0.3) is 0 Å². The number of anilines is 1. The first-order valence-electron chi connectivity index (χ1n) is 8.68. The van der Waals surface area contributed by atoms with Crippen LogP contribution in [0.1, 0.15) is 38.5 Å². The number of nitrogens with zero attached hydrogens (tertiary/aromatic N) is 3. The molecule has 2 N–H and O–H groups in total. The maximum atomic E-state index is 12.9. The Morgan fingerprint density at radius 2 is 1.92 bits per heavy atom. The summed E-state index contributed by atoms with van der Waals surface area (Å²) in [5.41, 5.74) is 8.14. The summed E-state index contributed by atoms with van der Waals surface area (Å²) < 4.78 is 2.16. The van der Waals surface area contributed by atoms with Gasteiger partial charge in [0.15, 0.2) is 0 Å². The summed E-state index contributed by atoms with van der Waals surface area (Å²) in [6.45, 7) is 2.17. The van der Waals surface area contributed by atoms with Crippen LogP contribution in [0.25, 0.3) is 11.0 Å². The van der Waals surface area contributed by atoms with Crippen LogP contribution in [-0.2, 0) is 11.3 Å². The summed E-state index contributed by atoms with van der Waals surface area (Å²) in [6.07, 6.45) is 6.40. The summed E-state index contributed by atoms with van der Waals surface area (Å²) in [6, 6.07) is 8.09. The molecule has 2 aliphatic rings. The number of rotatable bonds is 3. The van der Waals surface area contributed by atoms with Crippen molar-refractivity contribution in [2.75, 3.05) is 18.0 Å². The number of halogens is 1. The van der Waals surface area contributed by atoms with Crippen molar-refractivity contribution in [3.8, 4) is 0 Å². The van der Waals surface area contributed by atoms with Gasteiger partial charge in [-0.2, -0.15) is 0 Å². The van der Waals surface area contributed by atoms with E-state index in [1.54, 1.807) is 0 Å². The number of hydrogen-bond acceptors (Lipinski definition) is 3. The number of carbonyl (C=O) groups is 1. The summed E-state index contributed by atoms with van der Waals surface area (Å²) in [7, 11) is 0. The molecule has 0 saturated heterocycles. The molecule has 1 saturated carbocycles. The van der Waals surface area contributed by atoms with Gasteiger partial charge < -0.3 is 10.3 Å². The number of benzene rings is 1. The van der Waals surface area contributed by atoms with Crippen LogP contribution in [0.3, 0.4) is 0 Å². The van der Waals surface area contributed by atoms with E-state index in [-0.39, 0.29) is 23.7 Å². The molecule has 0 radical (unpaired) electrons. The van der Waals surface area contributed by atoms with Crippen LogP contribution in [0.2, 0.25) is 0 Å². The van der Waals surface area contributed by atoms with Crippen molar-refractivity contribution in [2.24, 2.45) is 11.1 Å². The lowest BCUT2D eigenvalue weighted by Crippen LogP contribution is -2.40. The fourth-order valence-corrected chi connectivity index (χ4v) is 4.20. The van der Waals surface area contributed by atoms with E-state index < -0.39 is 0 Å². The minimum atomic E-state index is 0. The maximum absolute atomic E-state index is 12.9. The zero-order valence-electron chi connectivity index (χ0n) is 13.9. The van der Waals surface area contributed by atoms with Crippen LogP contribution in [-0.4, -0.2) is 28.5 Å². The average Bonchev–Trinajstić information content (AvgIpc) is 3.14. The highest BCUT2D eigenvalue weighted by Crippen LogP contribution is 2.39. The van der Waals surface area contributed by atoms with E-state index in [9.17, 15) is 4.79 Å². The smallest absolute Gasteiger partial charge is 0.229 e. The monoisotopic (exact) mass is 348 g/mol. The zero-order valence-corrected chi connectivity index (χ0v) is 14.7. The van der Waals surface area contributed by atoms with Gasteiger partial charge in [-0.05, 0) is 36.9 Å². The minimum Gasteiger partial charge on any atom is -0.330 e. The standard InChI is InChI=1S/C18H24N4O.ClH/c19-13-18(8-4-1-5-9-18)12-16(23)22-11-10-21-15-7-3-2-6-14(15)20-17(21)22;/h2-3,6-7H,1,4-5,8-13,19H2;1H. The van der Waals surface area contributed by atoms with Crippen LogP contribution < -0.4 is 10.6 Å². The highest BCUT2D eigenvalue weighted by atomic mass is 35.5. The van der Waals surface area contributed by atoms with Gasteiger partial charge in [0, 0.05) is 19.5 Å². The molecule has 2 heterocycles. The van der Waals surface area contributed by atoms with Gasteiger partial charge in [0.05, 0.1) is 11.0 Å². The first kappa shape index (κ1) is 17.2. The van der Waals surface area contributed by atoms with Gasteiger partial charge in [-0.1, -0.05) is 31.4 Å². The number of nitrogens with two attached hydrogens (primary N) is 1. The van der Waals surface area contributed by atoms with E-state index in [4.69, 9.17) is 5.73 Å². The molecule has 130 valence electrons. The lowest BCUT2D eigenvalue weighted by atomic mass is 9.71. The third kappa shape index (κ3) is 2.80. The second-order valence-corrected chi connectivity index (χ2v) is 7.04. The molecule has 4 rings (SSSR count). The van der Waals surface area contributed by atoms with Crippen molar-refractivity contribution in [3.63, 3.8) is 0 Å². The largest absolute Gasteiger partial charge is 0.330 e. The molecule has 1 aromatic heterocycles. The lowest BCUT2D eigenvalue weighted by molar-refractivity contribution is -0.121.